The SMILES string of the molecule is COC(=O)[C@H]1CN(C(=O)/C=C/c2cc(C)n(C3CC3)c2C)CCS1. The zero-order valence-electron chi connectivity index (χ0n) is 14.4. The van der Waals surface area contributed by atoms with Gasteiger partial charge in [0.25, 0.3) is 0 Å². The Morgan fingerprint density at radius 2 is 2.08 bits per heavy atom. The molecule has 2 fully saturated rings. The number of carbonyl (C=O) groups is 2. The first-order valence-corrected chi connectivity index (χ1v) is 9.41. The molecule has 1 saturated heterocycles. The second-order valence-corrected chi connectivity index (χ2v) is 7.74. The first-order valence-electron chi connectivity index (χ1n) is 8.36. The van der Waals surface area contributed by atoms with Gasteiger partial charge >= 0.3 is 5.97 Å². The van der Waals surface area contributed by atoms with E-state index in [-0.39, 0.29) is 17.1 Å². The van der Waals surface area contributed by atoms with E-state index in [4.69, 9.17) is 4.74 Å². The third-order valence-electron chi connectivity index (χ3n) is 4.68. The van der Waals surface area contributed by atoms with Gasteiger partial charge in [0.15, 0.2) is 0 Å². The predicted octanol–water partition coefficient (Wildman–Crippen LogP) is 2.57. The van der Waals surface area contributed by atoms with Crippen molar-refractivity contribution in [3.63, 3.8) is 0 Å². The maximum absolute atomic E-state index is 12.4. The van der Waals surface area contributed by atoms with Crippen LogP contribution in [0, 0.1) is 13.8 Å². The van der Waals surface area contributed by atoms with Gasteiger partial charge in [-0.05, 0) is 44.4 Å². The Morgan fingerprint density at radius 3 is 2.75 bits per heavy atom. The molecule has 6 heteroatoms. The maximum atomic E-state index is 12.4. The van der Waals surface area contributed by atoms with Gasteiger partial charge in [-0.15, -0.1) is 11.8 Å². The van der Waals surface area contributed by atoms with E-state index in [1.807, 2.05) is 6.08 Å². The van der Waals surface area contributed by atoms with Gasteiger partial charge in [-0.2, -0.15) is 0 Å². The summed E-state index contributed by atoms with van der Waals surface area (Å²) in [5, 5.41) is -0.277. The predicted molar refractivity (Wildman–Crippen MR) is 96.1 cm³/mol. The van der Waals surface area contributed by atoms with Crippen LogP contribution in [-0.2, 0) is 14.3 Å². The zero-order chi connectivity index (χ0) is 17.3. The van der Waals surface area contributed by atoms with Crippen molar-refractivity contribution in [2.24, 2.45) is 0 Å². The van der Waals surface area contributed by atoms with Gasteiger partial charge in [0, 0.05) is 42.3 Å². The molecule has 1 amide bonds. The van der Waals surface area contributed by atoms with Crippen molar-refractivity contribution >= 4 is 29.7 Å². The van der Waals surface area contributed by atoms with Crippen molar-refractivity contribution in [2.75, 3.05) is 26.0 Å². The van der Waals surface area contributed by atoms with E-state index in [9.17, 15) is 9.59 Å². The summed E-state index contributed by atoms with van der Waals surface area (Å²) in [5.41, 5.74) is 3.58. The molecule has 1 aromatic rings. The molecule has 5 nitrogen and oxygen atoms in total. The lowest BCUT2D eigenvalue weighted by Gasteiger charge is -2.30. The van der Waals surface area contributed by atoms with Crippen molar-refractivity contribution in [3.8, 4) is 0 Å². The van der Waals surface area contributed by atoms with E-state index >= 15 is 0 Å². The fourth-order valence-electron chi connectivity index (χ4n) is 3.26. The molecule has 0 aromatic carbocycles. The molecule has 0 radical (unpaired) electrons. The second-order valence-electron chi connectivity index (χ2n) is 6.43. The molecule has 130 valence electrons. The largest absolute Gasteiger partial charge is 0.468 e. The normalized spacial score (nSPS) is 21.3. The second kappa shape index (κ2) is 7.05. The summed E-state index contributed by atoms with van der Waals surface area (Å²) in [4.78, 5) is 25.8. The van der Waals surface area contributed by atoms with Gasteiger partial charge in [-0.1, -0.05) is 0 Å². The fourth-order valence-corrected chi connectivity index (χ4v) is 4.38. The standard InChI is InChI=1S/C18H24N2O3S/c1-12-10-14(13(2)20(12)15-5-6-15)4-7-17(21)19-8-9-24-16(11-19)18(22)23-3/h4,7,10,15-16H,5-6,8-9,11H2,1-3H3/b7-4+/t16-/m1/s1. The number of aryl methyl sites for hydroxylation is 1. The fraction of sp³-hybridized carbons (Fsp3) is 0.556. The summed E-state index contributed by atoms with van der Waals surface area (Å²) in [6.07, 6.45) is 6.03. The molecule has 1 saturated carbocycles. The molecular weight excluding hydrogens is 324 g/mol. The molecule has 2 aliphatic rings. The third kappa shape index (κ3) is 3.53. The summed E-state index contributed by atoms with van der Waals surface area (Å²) < 4.78 is 7.16. The lowest BCUT2D eigenvalue weighted by Crippen LogP contribution is -2.44. The summed E-state index contributed by atoms with van der Waals surface area (Å²) in [5.74, 6) is 0.463. The van der Waals surface area contributed by atoms with E-state index < -0.39 is 0 Å². The minimum Gasteiger partial charge on any atom is -0.468 e. The quantitative estimate of drug-likeness (QED) is 0.620. The molecular formula is C18H24N2O3S. The highest BCUT2D eigenvalue weighted by Crippen LogP contribution is 2.38. The summed E-state index contributed by atoms with van der Waals surface area (Å²) >= 11 is 1.55. The average Bonchev–Trinajstić information content (AvgIpc) is 3.38. The number of esters is 1. The number of thioether (sulfide) groups is 1. The third-order valence-corrected chi connectivity index (χ3v) is 5.85. The smallest absolute Gasteiger partial charge is 0.320 e. The molecule has 0 unspecified atom stereocenters. The Hall–Kier alpha value is -1.69. The Kier molecular flexibility index (Phi) is 5.04. The van der Waals surface area contributed by atoms with Crippen molar-refractivity contribution in [1.29, 1.82) is 0 Å². The molecule has 24 heavy (non-hydrogen) atoms. The molecule has 1 atom stereocenters. The van der Waals surface area contributed by atoms with E-state index in [0.29, 0.717) is 19.1 Å². The molecule has 0 N–H and O–H groups in total. The Labute approximate surface area is 147 Å². The number of ether oxygens (including phenoxy) is 1. The Morgan fingerprint density at radius 1 is 1.33 bits per heavy atom. The zero-order valence-corrected chi connectivity index (χ0v) is 15.3. The first-order chi connectivity index (χ1) is 11.5. The number of methoxy groups -OCH3 is 1. The van der Waals surface area contributed by atoms with Crippen LogP contribution in [0.1, 0.15) is 35.8 Å². The van der Waals surface area contributed by atoms with Crippen LogP contribution in [0.3, 0.4) is 0 Å². The van der Waals surface area contributed by atoms with Crippen LogP contribution in [0.5, 0.6) is 0 Å². The number of rotatable bonds is 4. The van der Waals surface area contributed by atoms with E-state index in [0.717, 1.165) is 11.3 Å². The minimum atomic E-state index is -0.277. The number of carbonyl (C=O) groups excluding carboxylic acids is 2. The molecule has 0 spiro atoms. The minimum absolute atomic E-state index is 0.0413. The van der Waals surface area contributed by atoms with E-state index in [1.54, 1.807) is 22.7 Å². The summed E-state index contributed by atoms with van der Waals surface area (Å²) in [6, 6.07) is 2.78. The van der Waals surface area contributed by atoms with Crippen molar-refractivity contribution < 1.29 is 14.3 Å². The average molecular weight is 348 g/mol. The number of hydrogen-bond acceptors (Lipinski definition) is 4. The van der Waals surface area contributed by atoms with Crippen molar-refractivity contribution in [2.45, 2.75) is 38.0 Å². The van der Waals surface area contributed by atoms with Crippen LogP contribution < -0.4 is 0 Å². The lowest BCUT2D eigenvalue weighted by atomic mass is 10.2. The number of aromatic nitrogens is 1. The molecule has 3 rings (SSSR count). The molecule has 0 bridgehead atoms. The van der Waals surface area contributed by atoms with Crippen LogP contribution in [0.25, 0.3) is 6.08 Å². The van der Waals surface area contributed by atoms with Gasteiger partial charge < -0.3 is 14.2 Å². The molecule has 1 aromatic heterocycles. The monoisotopic (exact) mass is 348 g/mol. The van der Waals surface area contributed by atoms with Crippen LogP contribution in [0.15, 0.2) is 12.1 Å². The highest BCUT2D eigenvalue weighted by atomic mass is 32.2. The van der Waals surface area contributed by atoms with Crippen LogP contribution >= 0.6 is 11.8 Å². The molecule has 1 aliphatic heterocycles. The summed E-state index contributed by atoms with van der Waals surface area (Å²) in [6.45, 7) is 5.32. The van der Waals surface area contributed by atoms with Gasteiger partial charge in [0.05, 0.1) is 7.11 Å². The highest BCUT2D eigenvalue weighted by Gasteiger charge is 2.29. The topological polar surface area (TPSA) is 51.5 Å². The first kappa shape index (κ1) is 17.1. The highest BCUT2D eigenvalue weighted by molar-refractivity contribution is 8.00. The Balaban J connectivity index is 1.67. The molecule has 1 aliphatic carbocycles. The van der Waals surface area contributed by atoms with Gasteiger partial charge in [-0.25, -0.2) is 0 Å². The lowest BCUT2D eigenvalue weighted by molar-refractivity contribution is -0.140. The Bertz CT molecular complexity index is 676. The molecule has 2 heterocycles. The van der Waals surface area contributed by atoms with Crippen LogP contribution in [0.4, 0.5) is 0 Å². The van der Waals surface area contributed by atoms with Gasteiger partial charge in [-0.3, -0.25) is 9.59 Å². The van der Waals surface area contributed by atoms with E-state index in [2.05, 4.69) is 24.5 Å². The number of hydrogen-bond donors (Lipinski definition) is 0. The van der Waals surface area contributed by atoms with E-state index in [1.165, 1.54) is 31.3 Å². The number of amides is 1. The van der Waals surface area contributed by atoms with Crippen LogP contribution in [0.2, 0.25) is 0 Å². The maximum Gasteiger partial charge on any atom is 0.320 e. The van der Waals surface area contributed by atoms with Gasteiger partial charge in [0.2, 0.25) is 5.91 Å². The van der Waals surface area contributed by atoms with Crippen molar-refractivity contribution in [3.05, 3.63) is 29.1 Å². The van der Waals surface area contributed by atoms with Gasteiger partial charge in [0.1, 0.15) is 5.25 Å². The number of nitrogens with zero attached hydrogens (tertiary/aromatic N) is 2. The van der Waals surface area contributed by atoms with Crippen LogP contribution in [-0.4, -0.2) is 52.5 Å². The van der Waals surface area contributed by atoms with Crippen molar-refractivity contribution in [1.82, 2.24) is 9.47 Å². The summed E-state index contributed by atoms with van der Waals surface area (Å²) in [7, 11) is 1.39.